The topological polar surface area (TPSA) is 48.9 Å². The van der Waals surface area contributed by atoms with Crippen LogP contribution >= 0.6 is 0 Å². The third-order valence-corrected chi connectivity index (χ3v) is 6.40. The molecule has 2 bridgehead atoms. The molecule has 0 fully saturated rings. The average molecular weight is 380 g/mol. The first-order valence-electron chi connectivity index (χ1n) is 10.2. The minimum absolute atomic E-state index is 0.0222. The van der Waals surface area contributed by atoms with E-state index < -0.39 is 0 Å². The van der Waals surface area contributed by atoms with Gasteiger partial charge in [0.15, 0.2) is 0 Å². The molecule has 0 unspecified atom stereocenters. The van der Waals surface area contributed by atoms with Gasteiger partial charge in [-0.15, -0.1) is 0 Å². The Kier molecular flexibility index (Phi) is 4.77. The predicted molar refractivity (Wildman–Crippen MR) is 112 cm³/mol. The first kappa shape index (κ1) is 18.8. The molecule has 4 atom stereocenters. The van der Waals surface area contributed by atoms with Crippen LogP contribution in [0.3, 0.4) is 0 Å². The van der Waals surface area contributed by atoms with Gasteiger partial charge in [0, 0.05) is 0 Å². The minimum Gasteiger partial charge on any atom is -0.245 e. The van der Waals surface area contributed by atoms with Crippen LogP contribution in [0.2, 0.25) is 0 Å². The lowest BCUT2D eigenvalue weighted by Gasteiger charge is -2.44. The summed E-state index contributed by atoms with van der Waals surface area (Å²) >= 11 is 0. The summed E-state index contributed by atoms with van der Waals surface area (Å²) in [6.45, 7) is 8.63. The normalized spacial score (nSPS) is 23.9. The molecule has 0 radical (unpaired) electrons. The Morgan fingerprint density at radius 1 is 1.14 bits per heavy atom. The second-order valence-corrected chi connectivity index (χ2v) is 8.58. The summed E-state index contributed by atoms with van der Waals surface area (Å²) in [7, 11) is 0. The van der Waals surface area contributed by atoms with Gasteiger partial charge in [0.2, 0.25) is 0 Å². The summed E-state index contributed by atoms with van der Waals surface area (Å²) in [6, 6.07) is 9.17. The Bertz CT molecular complexity index is 1050. The van der Waals surface area contributed by atoms with Gasteiger partial charge in [0.05, 0.1) is 17.8 Å². The lowest BCUT2D eigenvalue weighted by atomic mass is 9.73. The fourth-order valence-electron chi connectivity index (χ4n) is 4.87. The third-order valence-electron chi connectivity index (χ3n) is 6.40. The number of hydrogen-bond donors (Lipinski definition) is 0. The van der Waals surface area contributed by atoms with Crippen molar-refractivity contribution in [2.75, 3.05) is 0 Å². The molecule has 5 heteroatoms. The van der Waals surface area contributed by atoms with Crippen LogP contribution in [0.25, 0.3) is 5.69 Å². The number of rotatable bonds is 5. The molecule has 148 valence electrons. The number of nitrogens with zero attached hydrogens (tertiary/aromatic N) is 3. The third kappa shape index (κ3) is 2.93. The van der Waals surface area contributed by atoms with Crippen molar-refractivity contribution in [2.45, 2.75) is 59.0 Å². The summed E-state index contributed by atoms with van der Waals surface area (Å²) < 4.78 is 4.75. The Morgan fingerprint density at radius 3 is 2.50 bits per heavy atom. The van der Waals surface area contributed by atoms with E-state index in [1.54, 1.807) is 9.36 Å². The SMILES string of the molecule is CC(C)=CCC[C@@H](C)[C@H]1C[C@@H]2C(C)=C[C@H]1n1c(=O)n(-c3ccccc3)c(=O)n12. The predicted octanol–water partition coefficient (Wildman–Crippen LogP) is 4.25. The monoisotopic (exact) mass is 379 g/mol. The zero-order valence-electron chi connectivity index (χ0n) is 17.1. The number of para-hydroxylation sites is 1. The van der Waals surface area contributed by atoms with Gasteiger partial charge in [-0.05, 0) is 64.0 Å². The Hall–Kier alpha value is -2.56. The van der Waals surface area contributed by atoms with Crippen LogP contribution in [0.1, 0.15) is 59.0 Å². The average Bonchev–Trinajstić information content (AvgIpc) is 2.94. The molecular weight excluding hydrogens is 350 g/mol. The zero-order chi connectivity index (χ0) is 20.0. The highest BCUT2D eigenvalue weighted by Gasteiger charge is 2.44. The van der Waals surface area contributed by atoms with E-state index in [0.29, 0.717) is 17.5 Å². The van der Waals surface area contributed by atoms with E-state index in [9.17, 15) is 9.59 Å². The Morgan fingerprint density at radius 2 is 1.82 bits per heavy atom. The maximum Gasteiger partial charge on any atom is 0.352 e. The minimum atomic E-state index is -0.228. The van der Waals surface area contributed by atoms with Gasteiger partial charge in [-0.25, -0.2) is 23.5 Å². The van der Waals surface area contributed by atoms with Crippen molar-refractivity contribution >= 4 is 0 Å². The van der Waals surface area contributed by atoms with Crippen LogP contribution in [0.15, 0.2) is 63.2 Å². The van der Waals surface area contributed by atoms with Crippen molar-refractivity contribution < 1.29 is 0 Å². The number of allylic oxidation sites excluding steroid dienone is 4. The maximum atomic E-state index is 13.3. The van der Waals surface area contributed by atoms with Crippen molar-refractivity contribution in [1.29, 1.82) is 0 Å². The highest BCUT2D eigenvalue weighted by Crippen LogP contribution is 2.46. The van der Waals surface area contributed by atoms with Crippen LogP contribution in [0.5, 0.6) is 0 Å². The lowest BCUT2D eigenvalue weighted by Crippen LogP contribution is -2.46. The maximum absolute atomic E-state index is 13.3. The first-order chi connectivity index (χ1) is 13.4. The summed E-state index contributed by atoms with van der Waals surface area (Å²) in [4.78, 5) is 26.4. The van der Waals surface area contributed by atoms with E-state index in [1.807, 2.05) is 30.3 Å². The van der Waals surface area contributed by atoms with Gasteiger partial charge < -0.3 is 0 Å². The van der Waals surface area contributed by atoms with Gasteiger partial charge >= 0.3 is 11.4 Å². The molecule has 2 aliphatic heterocycles. The summed E-state index contributed by atoms with van der Waals surface area (Å²) in [5.41, 5.74) is 2.73. The van der Waals surface area contributed by atoms with E-state index in [0.717, 1.165) is 19.3 Å². The van der Waals surface area contributed by atoms with E-state index in [2.05, 4.69) is 39.8 Å². The van der Waals surface area contributed by atoms with Crippen LogP contribution in [-0.4, -0.2) is 13.9 Å². The molecule has 5 nitrogen and oxygen atoms in total. The van der Waals surface area contributed by atoms with Crippen LogP contribution < -0.4 is 11.4 Å². The molecule has 1 aromatic carbocycles. The number of aromatic nitrogens is 3. The van der Waals surface area contributed by atoms with Crippen molar-refractivity contribution in [3.63, 3.8) is 0 Å². The highest BCUT2D eigenvalue weighted by molar-refractivity contribution is 5.31. The standard InChI is InChI=1S/C23H29N3O2/c1-15(2)9-8-10-16(3)19-14-20-17(4)13-21(19)26-23(28)24(22(27)25(20)26)18-11-6-5-7-12-18/h5-7,9,11-13,16,19-21H,8,10,14H2,1-4H3/t16-,19-,20-,21-/m1/s1. The van der Waals surface area contributed by atoms with Gasteiger partial charge in [0.25, 0.3) is 0 Å². The number of hydrogen-bond acceptors (Lipinski definition) is 2. The van der Waals surface area contributed by atoms with Gasteiger partial charge in [-0.2, -0.15) is 0 Å². The molecule has 0 spiro atoms. The molecule has 1 aliphatic carbocycles. The van der Waals surface area contributed by atoms with E-state index in [4.69, 9.17) is 0 Å². The molecular formula is C23H29N3O2. The van der Waals surface area contributed by atoms with E-state index >= 15 is 0 Å². The van der Waals surface area contributed by atoms with E-state index in [1.165, 1.54) is 15.7 Å². The Balaban J connectivity index is 1.75. The largest absolute Gasteiger partial charge is 0.352 e. The Labute approximate surface area is 165 Å². The highest BCUT2D eigenvalue weighted by atomic mass is 16.2. The summed E-state index contributed by atoms with van der Waals surface area (Å²) in [6.07, 6.45) is 7.59. The van der Waals surface area contributed by atoms with Gasteiger partial charge in [-0.3, -0.25) is 0 Å². The molecule has 2 aromatic rings. The van der Waals surface area contributed by atoms with Gasteiger partial charge in [0.1, 0.15) is 0 Å². The number of benzene rings is 1. The quantitative estimate of drug-likeness (QED) is 0.730. The van der Waals surface area contributed by atoms with Crippen molar-refractivity contribution in [3.05, 3.63) is 74.6 Å². The van der Waals surface area contributed by atoms with E-state index in [-0.39, 0.29) is 23.5 Å². The molecule has 3 heterocycles. The van der Waals surface area contributed by atoms with Crippen LogP contribution in [0.4, 0.5) is 0 Å². The first-order valence-corrected chi connectivity index (χ1v) is 10.2. The second-order valence-electron chi connectivity index (χ2n) is 8.58. The second kappa shape index (κ2) is 7.12. The molecule has 0 saturated carbocycles. The fraction of sp³-hybridized carbons (Fsp3) is 0.478. The smallest absolute Gasteiger partial charge is 0.245 e. The fourth-order valence-corrected chi connectivity index (χ4v) is 4.87. The summed E-state index contributed by atoms with van der Waals surface area (Å²) in [5.74, 6) is 0.867. The van der Waals surface area contributed by atoms with Crippen molar-refractivity contribution in [3.8, 4) is 5.69 Å². The van der Waals surface area contributed by atoms with Crippen LogP contribution in [0, 0.1) is 11.8 Å². The van der Waals surface area contributed by atoms with Gasteiger partial charge in [-0.1, -0.05) is 48.4 Å². The van der Waals surface area contributed by atoms with Crippen LogP contribution in [-0.2, 0) is 0 Å². The molecule has 0 amide bonds. The molecule has 0 saturated heterocycles. The zero-order valence-corrected chi connectivity index (χ0v) is 17.1. The summed E-state index contributed by atoms with van der Waals surface area (Å²) in [5, 5.41) is 0. The molecule has 28 heavy (non-hydrogen) atoms. The number of fused-ring (bicyclic) bond motifs is 1. The molecule has 1 aromatic heterocycles. The van der Waals surface area contributed by atoms with Crippen molar-refractivity contribution in [1.82, 2.24) is 13.9 Å². The van der Waals surface area contributed by atoms with Crippen molar-refractivity contribution in [2.24, 2.45) is 11.8 Å². The molecule has 0 N–H and O–H groups in total. The molecule has 5 rings (SSSR count). The lowest BCUT2D eigenvalue weighted by molar-refractivity contribution is 0.121. The molecule has 3 aliphatic rings.